The van der Waals surface area contributed by atoms with E-state index in [4.69, 9.17) is 0 Å². The molecule has 0 radical (unpaired) electrons. The zero-order valence-electron chi connectivity index (χ0n) is 14.1. The summed E-state index contributed by atoms with van der Waals surface area (Å²) in [6.07, 6.45) is 8.45. The predicted molar refractivity (Wildman–Crippen MR) is 92.5 cm³/mol. The van der Waals surface area contributed by atoms with E-state index in [1.165, 1.54) is 24.7 Å². The summed E-state index contributed by atoms with van der Waals surface area (Å²) in [6, 6.07) is 10.3. The van der Waals surface area contributed by atoms with E-state index < -0.39 is 0 Å². The van der Waals surface area contributed by atoms with E-state index in [0.29, 0.717) is 6.54 Å². The second-order valence-corrected chi connectivity index (χ2v) is 6.77. The highest BCUT2D eigenvalue weighted by molar-refractivity contribution is 5.75. The Labute approximate surface area is 142 Å². The number of nitrogens with one attached hydrogen (secondary N) is 2. The number of benzene rings is 1. The number of aromatic nitrogens is 3. The van der Waals surface area contributed by atoms with E-state index in [1.54, 1.807) is 11.0 Å². The molecule has 1 aliphatic carbocycles. The Balaban J connectivity index is 1.57. The third kappa shape index (κ3) is 4.34. The lowest BCUT2D eigenvalue weighted by Crippen LogP contribution is -2.54. The molecule has 24 heavy (non-hydrogen) atoms. The zero-order chi connectivity index (χ0) is 16.8. The fourth-order valence-electron chi connectivity index (χ4n) is 3.54. The average Bonchev–Trinajstić information content (AvgIpc) is 3.20. The lowest BCUT2D eigenvalue weighted by atomic mass is 9.89. The van der Waals surface area contributed by atoms with Crippen LogP contribution in [0.25, 0.3) is 0 Å². The maximum Gasteiger partial charge on any atom is 0.315 e. The van der Waals surface area contributed by atoms with Crippen molar-refractivity contribution in [2.45, 2.75) is 57.2 Å². The van der Waals surface area contributed by atoms with Gasteiger partial charge in [0.2, 0.25) is 0 Å². The molecule has 3 rings (SSSR count). The molecule has 1 atom stereocenters. The Kier molecular flexibility index (Phi) is 5.13. The van der Waals surface area contributed by atoms with Crippen molar-refractivity contribution in [3.05, 3.63) is 48.5 Å². The number of hydrogen-bond acceptors (Lipinski definition) is 3. The van der Waals surface area contributed by atoms with Gasteiger partial charge in [-0.15, -0.1) is 0 Å². The van der Waals surface area contributed by atoms with Crippen molar-refractivity contribution < 1.29 is 4.79 Å². The third-order valence-electron chi connectivity index (χ3n) is 4.63. The van der Waals surface area contributed by atoms with Gasteiger partial charge >= 0.3 is 6.03 Å². The summed E-state index contributed by atoms with van der Waals surface area (Å²) in [5, 5.41) is 10.3. The van der Waals surface area contributed by atoms with Gasteiger partial charge < -0.3 is 10.6 Å². The molecule has 0 unspecified atom stereocenters. The Morgan fingerprint density at radius 3 is 2.71 bits per heavy atom. The van der Waals surface area contributed by atoms with Crippen LogP contribution in [-0.4, -0.2) is 32.4 Å². The maximum atomic E-state index is 12.5. The second kappa shape index (κ2) is 7.47. The molecule has 0 spiro atoms. The summed E-state index contributed by atoms with van der Waals surface area (Å²) >= 11 is 0. The number of nitrogens with zero attached hydrogens (tertiary/aromatic N) is 3. The first-order valence-electron chi connectivity index (χ1n) is 8.60. The monoisotopic (exact) mass is 327 g/mol. The Morgan fingerprint density at radius 2 is 2.04 bits per heavy atom. The molecular formula is C18H25N5O. The smallest absolute Gasteiger partial charge is 0.315 e. The molecule has 2 aromatic rings. The van der Waals surface area contributed by atoms with Crippen LogP contribution >= 0.6 is 0 Å². The summed E-state index contributed by atoms with van der Waals surface area (Å²) in [4.78, 5) is 16.4. The number of rotatable bonds is 6. The fraction of sp³-hybridized carbons (Fsp3) is 0.500. The molecule has 1 aromatic carbocycles. The van der Waals surface area contributed by atoms with Gasteiger partial charge in [-0.25, -0.2) is 9.78 Å². The van der Waals surface area contributed by atoms with Gasteiger partial charge in [0.25, 0.3) is 0 Å². The van der Waals surface area contributed by atoms with E-state index >= 15 is 0 Å². The molecule has 0 bridgehead atoms. The predicted octanol–water partition coefficient (Wildman–Crippen LogP) is 2.52. The molecule has 1 aliphatic rings. The molecule has 1 heterocycles. The van der Waals surface area contributed by atoms with Crippen LogP contribution in [0.4, 0.5) is 4.79 Å². The van der Waals surface area contributed by atoms with E-state index in [-0.39, 0.29) is 17.6 Å². The van der Waals surface area contributed by atoms with E-state index in [2.05, 4.69) is 45.0 Å². The highest BCUT2D eigenvalue weighted by Crippen LogP contribution is 2.32. The van der Waals surface area contributed by atoms with Crippen molar-refractivity contribution in [2.75, 3.05) is 0 Å². The van der Waals surface area contributed by atoms with Crippen LogP contribution in [0.5, 0.6) is 0 Å². The molecule has 6 nitrogen and oxygen atoms in total. The van der Waals surface area contributed by atoms with Crippen LogP contribution in [-0.2, 0) is 13.0 Å². The van der Waals surface area contributed by atoms with Crippen molar-refractivity contribution in [3.63, 3.8) is 0 Å². The average molecular weight is 327 g/mol. The SMILES string of the molecule is C[C@@H](Cn1cncn1)NC(=O)NC1(Cc2ccccc2)CCCC1. The Hall–Kier alpha value is -2.37. The second-order valence-electron chi connectivity index (χ2n) is 6.77. The first-order valence-corrected chi connectivity index (χ1v) is 8.60. The summed E-state index contributed by atoms with van der Waals surface area (Å²) in [7, 11) is 0. The molecule has 0 saturated heterocycles. The number of hydrogen-bond donors (Lipinski definition) is 2. The fourth-order valence-corrected chi connectivity index (χ4v) is 3.54. The number of carbonyl (C=O) groups is 1. The van der Waals surface area contributed by atoms with Gasteiger partial charge in [0, 0.05) is 11.6 Å². The van der Waals surface area contributed by atoms with Crippen LogP contribution in [0.1, 0.15) is 38.2 Å². The molecule has 128 valence electrons. The van der Waals surface area contributed by atoms with Crippen molar-refractivity contribution >= 4 is 6.03 Å². The molecule has 1 saturated carbocycles. The van der Waals surface area contributed by atoms with Gasteiger partial charge in [-0.05, 0) is 31.7 Å². The van der Waals surface area contributed by atoms with Crippen molar-refractivity contribution in [1.29, 1.82) is 0 Å². The largest absolute Gasteiger partial charge is 0.334 e. The summed E-state index contributed by atoms with van der Waals surface area (Å²) < 4.78 is 1.72. The Morgan fingerprint density at radius 1 is 1.29 bits per heavy atom. The summed E-state index contributed by atoms with van der Waals surface area (Å²) in [5.74, 6) is 0. The minimum absolute atomic E-state index is 0.0121. The van der Waals surface area contributed by atoms with Crippen LogP contribution in [0.15, 0.2) is 43.0 Å². The van der Waals surface area contributed by atoms with Gasteiger partial charge in [-0.2, -0.15) is 5.10 Å². The van der Waals surface area contributed by atoms with Gasteiger partial charge in [0.1, 0.15) is 12.7 Å². The molecular weight excluding hydrogens is 302 g/mol. The zero-order valence-corrected chi connectivity index (χ0v) is 14.1. The molecule has 1 fully saturated rings. The lowest BCUT2D eigenvalue weighted by Gasteiger charge is -2.31. The molecule has 2 amide bonds. The molecule has 1 aromatic heterocycles. The van der Waals surface area contributed by atoms with Crippen molar-refractivity contribution in [3.8, 4) is 0 Å². The molecule has 0 aliphatic heterocycles. The minimum Gasteiger partial charge on any atom is -0.334 e. The number of carbonyl (C=O) groups excluding carboxylic acids is 1. The highest BCUT2D eigenvalue weighted by atomic mass is 16.2. The first-order chi connectivity index (χ1) is 11.7. The summed E-state index contributed by atoms with van der Waals surface area (Å²) in [5.41, 5.74) is 1.15. The van der Waals surface area contributed by atoms with E-state index in [0.717, 1.165) is 19.3 Å². The van der Waals surface area contributed by atoms with Crippen molar-refractivity contribution in [1.82, 2.24) is 25.4 Å². The van der Waals surface area contributed by atoms with Crippen LogP contribution < -0.4 is 10.6 Å². The molecule has 2 N–H and O–H groups in total. The van der Waals surface area contributed by atoms with Crippen LogP contribution in [0.3, 0.4) is 0 Å². The van der Waals surface area contributed by atoms with E-state index in [1.807, 2.05) is 13.0 Å². The molecule has 6 heteroatoms. The Bertz CT molecular complexity index is 635. The van der Waals surface area contributed by atoms with Gasteiger partial charge in [-0.3, -0.25) is 4.68 Å². The quantitative estimate of drug-likeness (QED) is 0.856. The number of amides is 2. The standard InChI is InChI=1S/C18H25N5O/c1-15(12-23-14-19-13-20-23)21-17(24)22-18(9-5-6-10-18)11-16-7-3-2-4-8-16/h2-4,7-8,13-15H,5-6,9-12H2,1H3,(H2,21,22,24)/t15-/m0/s1. The number of urea groups is 1. The first kappa shape index (κ1) is 16.5. The van der Waals surface area contributed by atoms with Crippen LogP contribution in [0, 0.1) is 0 Å². The van der Waals surface area contributed by atoms with Gasteiger partial charge in [0.15, 0.2) is 0 Å². The lowest BCUT2D eigenvalue weighted by molar-refractivity contribution is 0.219. The topological polar surface area (TPSA) is 71.8 Å². The van der Waals surface area contributed by atoms with E-state index in [9.17, 15) is 4.79 Å². The van der Waals surface area contributed by atoms with Crippen molar-refractivity contribution in [2.24, 2.45) is 0 Å². The van der Waals surface area contributed by atoms with Crippen LogP contribution in [0.2, 0.25) is 0 Å². The maximum absolute atomic E-state index is 12.5. The third-order valence-corrected chi connectivity index (χ3v) is 4.63. The minimum atomic E-state index is -0.127. The van der Waals surface area contributed by atoms with Gasteiger partial charge in [-0.1, -0.05) is 43.2 Å². The highest BCUT2D eigenvalue weighted by Gasteiger charge is 2.35. The van der Waals surface area contributed by atoms with Gasteiger partial charge in [0.05, 0.1) is 6.54 Å². The normalized spacial score (nSPS) is 17.4. The summed E-state index contributed by atoms with van der Waals surface area (Å²) in [6.45, 7) is 2.58.